The highest BCUT2D eigenvalue weighted by molar-refractivity contribution is 7.10. The van der Waals surface area contributed by atoms with Gasteiger partial charge < -0.3 is 18.9 Å². The summed E-state index contributed by atoms with van der Waals surface area (Å²) in [6.45, 7) is 9.37. The summed E-state index contributed by atoms with van der Waals surface area (Å²) in [6, 6.07) is 0. The van der Waals surface area contributed by atoms with Gasteiger partial charge in [-0.2, -0.15) is 0 Å². The lowest BCUT2D eigenvalue weighted by Crippen LogP contribution is -2.41. The molecule has 0 bridgehead atoms. The van der Waals surface area contributed by atoms with E-state index in [9.17, 15) is 0 Å². The third kappa shape index (κ3) is 1.73. The molecule has 1 fully saturated rings. The van der Waals surface area contributed by atoms with Gasteiger partial charge in [0.25, 0.3) is 0 Å². The van der Waals surface area contributed by atoms with E-state index >= 15 is 0 Å². The van der Waals surface area contributed by atoms with Gasteiger partial charge in [0.2, 0.25) is 0 Å². The van der Waals surface area contributed by atoms with Crippen molar-refractivity contribution in [1.29, 1.82) is 0 Å². The molecule has 0 unspecified atom stereocenters. The molecule has 5 heteroatoms. The standard InChI is InChI=1S/C13H18O4S/c1-12(2)13(3,4)17-11(16-12)10-9-8(7-18-10)14-5-6-15-9/h7,11H,5-6H2,1-4H3. The lowest BCUT2D eigenvalue weighted by molar-refractivity contribution is -0.0886. The van der Waals surface area contributed by atoms with Gasteiger partial charge in [0.15, 0.2) is 17.8 Å². The second-order valence-corrected chi connectivity index (χ2v) is 6.49. The van der Waals surface area contributed by atoms with Gasteiger partial charge in [-0.1, -0.05) is 0 Å². The minimum atomic E-state index is -0.370. The van der Waals surface area contributed by atoms with Crippen molar-refractivity contribution in [1.82, 2.24) is 0 Å². The van der Waals surface area contributed by atoms with Gasteiger partial charge in [-0.15, -0.1) is 11.3 Å². The Morgan fingerprint density at radius 2 is 1.67 bits per heavy atom. The molecule has 3 heterocycles. The first-order chi connectivity index (χ1) is 8.41. The number of hydrogen-bond acceptors (Lipinski definition) is 5. The van der Waals surface area contributed by atoms with Crippen LogP contribution in [0.1, 0.15) is 38.9 Å². The average Bonchev–Trinajstić information content (AvgIpc) is 2.78. The SMILES string of the molecule is CC1(C)OC(c2scc3c2OCCO3)OC1(C)C. The van der Waals surface area contributed by atoms with Crippen LogP contribution in [0.15, 0.2) is 5.38 Å². The van der Waals surface area contributed by atoms with E-state index in [-0.39, 0.29) is 17.5 Å². The Hall–Kier alpha value is -0.780. The molecule has 2 aliphatic rings. The second kappa shape index (κ2) is 3.85. The summed E-state index contributed by atoms with van der Waals surface area (Å²) >= 11 is 1.56. The summed E-state index contributed by atoms with van der Waals surface area (Å²) in [6.07, 6.45) is -0.370. The minimum Gasteiger partial charge on any atom is -0.485 e. The van der Waals surface area contributed by atoms with Crippen LogP contribution in [-0.4, -0.2) is 24.4 Å². The lowest BCUT2D eigenvalue weighted by atomic mass is 9.90. The highest BCUT2D eigenvalue weighted by Gasteiger charge is 2.50. The molecule has 1 aromatic rings. The van der Waals surface area contributed by atoms with Gasteiger partial charge in [-0.05, 0) is 27.7 Å². The van der Waals surface area contributed by atoms with Crippen molar-refractivity contribution in [3.05, 3.63) is 10.3 Å². The monoisotopic (exact) mass is 270 g/mol. The number of thiophene rings is 1. The van der Waals surface area contributed by atoms with Crippen LogP contribution in [0.5, 0.6) is 11.5 Å². The maximum Gasteiger partial charge on any atom is 0.198 e. The van der Waals surface area contributed by atoms with Crippen LogP contribution in [0.25, 0.3) is 0 Å². The van der Waals surface area contributed by atoms with Gasteiger partial charge in [0.05, 0.1) is 11.2 Å². The summed E-state index contributed by atoms with van der Waals surface area (Å²) < 4.78 is 23.3. The Morgan fingerprint density at radius 1 is 1.06 bits per heavy atom. The Balaban J connectivity index is 1.91. The number of fused-ring (bicyclic) bond motifs is 1. The van der Waals surface area contributed by atoms with E-state index in [1.807, 2.05) is 33.1 Å². The number of rotatable bonds is 1. The van der Waals surface area contributed by atoms with Crippen molar-refractivity contribution >= 4 is 11.3 Å². The predicted octanol–water partition coefficient (Wildman–Crippen LogP) is 3.12. The zero-order valence-corrected chi connectivity index (χ0v) is 11.9. The van der Waals surface area contributed by atoms with Crippen molar-refractivity contribution < 1.29 is 18.9 Å². The summed E-state index contributed by atoms with van der Waals surface area (Å²) in [5.41, 5.74) is -0.659. The Kier molecular flexibility index (Phi) is 2.63. The van der Waals surface area contributed by atoms with E-state index in [4.69, 9.17) is 18.9 Å². The number of hydrogen-bond donors (Lipinski definition) is 0. The van der Waals surface area contributed by atoms with Crippen LogP contribution in [0.3, 0.4) is 0 Å². The third-order valence-corrected chi connectivity index (χ3v) is 4.76. The van der Waals surface area contributed by atoms with E-state index in [1.165, 1.54) is 0 Å². The van der Waals surface area contributed by atoms with Crippen LogP contribution in [-0.2, 0) is 9.47 Å². The van der Waals surface area contributed by atoms with Crippen molar-refractivity contribution in [2.24, 2.45) is 0 Å². The topological polar surface area (TPSA) is 36.9 Å². The molecule has 0 spiro atoms. The van der Waals surface area contributed by atoms with E-state index in [0.717, 1.165) is 16.4 Å². The van der Waals surface area contributed by atoms with Gasteiger partial charge in [0, 0.05) is 5.38 Å². The molecule has 1 aromatic heterocycles. The molecular weight excluding hydrogens is 252 g/mol. The second-order valence-electron chi connectivity index (χ2n) is 5.58. The Bertz CT molecular complexity index is 448. The maximum atomic E-state index is 6.03. The summed E-state index contributed by atoms with van der Waals surface area (Å²) in [5.74, 6) is 1.58. The molecule has 0 atom stereocenters. The van der Waals surface area contributed by atoms with Crippen LogP contribution < -0.4 is 9.47 Å². The van der Waals surface area contributed by atoms with Crippen molar-refractivity contribution in [2.45, 2.75) is 45.2 Å². The lowest BCUT2D eigenvalue weighted by Gasteiger charge is -2.30. The van der Waals surface area contributed by atoms with E-state index < -0.39 is 0 Å². The van der Waals surface area contributed by atoms with Crippen LogP contribution in [0, 0.1) is 0 Å². The molecule has 0 radical (unpaired) electrons. The smallest absolute Gasteiger partial charge is 0.198 e. The quantitative estimate of drug-likeness (QED) is 0.785. The summed E-state index contributed by atoms with van der Waals surface area (Å²) in [5, 5.41) is 1.95. The predicted molar refractivity (Wildman–Crippen MR) is 68.4 cm³/mol. The molecule has 18 heavy (non-hydrogen) atoms. The maximum absolute atomic E-state index is 6.03. The average molecular weight is 270 g/mol. The summed E-state index contributed by atoms with van der Waals surface area (Å²) in [7, 11) is 0. The molecule has 3 rings (SSSR count). The third-order valence-electron chi connectivity index (χ3n) is 3.80. The fraction of sp³-hybridized carbons (Fsp3) is 0.692. The number of ether oxygens (including phenoxy) is 4. The molecule has 0 amide bonds. The van der Waals surface area contributed by atoms with E-state index in [1.54, 1.807) is 11.3 Å². The fourth-order valence-electron chi connectivity index (χ4n) is 2.00. The van der Waals surface area contributed by atoms with E-state index in [0.29, 0.717) is 13.2 Å². The zero-order chi connectivity index (χ0) is 13.0. The Morgan fingerprint density at radius 3 is 2.33 bits per heavy atom. The van der Waals surface area contributed by atoms with Crippen LogP contribution in [0.2, 0.25) is 0 Å². The molecule has 0 saturated carbocycles. The summed E-state index contributed by atoms with van der Waals surface area (Å²) in [4.78, 5) is 0.961. The van der Waals surface area contributed by atoms with Gasteiger partial charge in [-0.25, -0.2) is 0 Å². The Labute approximate surface area is 111 Å². The van der Waals surface area contributed by atoms with Crippen molar-refractivity contribution in [3.63, 3.8) is 0 Å². The highest BCUT2D eigenvalue weighted by Crippen LogP contribution is 2.51. The largest absolute Gasteiger partial charge is 0.485 e. The first-order valence-electron chi connectivity index (χ1n) is 6.13. The van der Waals surface area contributed by atoms with Gasteiger partial charge >= 0.3 is 0 Å². The normalized spacial score (nSPS) is 25.3. The molecular formula is C13H18O4S. The van der Waals surface area contributed by atoms with Crippen LogP contribution >= 0.6 is 11.3 Å². The highest BCUT2D eigenvalue weighted by atomic mass is 32.1. The first kappa shape index (κ1) is 12.3. The molecule has 0 aromatic carbocycles. The molecule has 0 aliphatic carbocycles. The van der Waals surface area contributed by atoms with Gasteiger partial charge in [-0.3, -0.25) is 0 Å². The van der Waals surface area contributed by atoms with E-state index in [2.05, 4.69) is 0 Å². The molecule has 4 nitrogen and oxygen atoms in total. The van der Waals surface area contributed by atoms with Gasteiger partial charge in [0.1, 0.15) is 18.1 Å². The van der Waals surface area contributed by atoms with Crippen LogP contribution in [0.4, 0.5) is 0 Å². The minimum absolute atomic E-state index is 0.329. The zero-order valence-electron chi connectivity index (χ0n) is 11.1. The van der Waals surface area contributed by atoms with Crippen molar-refractivity contribution in [2.75, 3.05) is 13.2 Å². The van der Waals surface area contributed by atoms with Crippen molar-refractivity contribution in [3.8, 4) is 11.5 Å². The molecule has 100 valence electrons. The fourth-order valence-corrected chi connectivity index (χ4v) is 2.88. The molecule has 1 saturated heterocycles. The first-order valence-corrected chi connectivity index (χ1v) is 7.01. The molecule has 2 aliphatic heterocycles. The molecule has 0 N–H and O–H groups in total.